The number of piperazine rings is 1. The molecule has 8 nitrogen and oxygen atoms in total. The zero-order valence-electron chi connectivity index (χ0n) is 19.9. The lowest BCUT2D eigenvalue weighted by atomic mass is 10.1. The summed E-state index contributed by atoms with van der Waals surface area (Å²) in [4.78, 5) is 17.1. The fourth-order valence-electron chi connectivity index (χ4n) is 4.04. The molecule has 10 heteroatoms. The highest BCUT2D eigenvalue weighted by Gasteiger charge is 2.35. The Morgan fingerprint density at radius 3 is 2.45 bits per heavy atom. The summed E-state index contributed by atoms with van der Waals surface area (Å²) in [6.45, 7) is 11.2. The van der Waals surface area contributed by atoms with E-state index in [0.29, 0.717) is 50.8 Å². The molecule has 0 unspecified atom stereocenters. The van der Waals surface area contributed by atoms with Crippen molar-refractivity contribution in [2.75, 3.05) is 44.2 Å². The molecule has 182 valence electrons. The summed E-state index contributed by atoms with van der Waals surface area (Å²) < 4.78 is 30.1. The summed E-state index contributed by atoms with van der Waals surface area (Å²) in [5.41, 5.74) is 2.26. The van der Waals surface area contributed by atoms with E-state index in [4.69, 9.17) is 11.6 Å². The molecule has 0 aliphatic carbocycles. The summed E-state index contributed by atoms with van der Waals surface area (Å²) in [5.74, 6) is -0.280. The van der Waals surface area contributed by atoms with Gasteiger partial charge in [-0.3, -0.25) is 9.48 Å². The number of halogens is 1. The molecule has 33 heavy (non-hydrogen) atoms. The van der Waals surface area contributed by atoms with Crippen LogP contribution in [0.25, 0.3) is 0 Å². The van der Waals surface area contributed by atoms with E-state index >= 15 is 0 Å². The zero-order chi connectivity index (χ0) is 24.2. The van der Waals surface area contributed by atoms with Crippen molar-refractivity contribution in [2.45, 2.75) is 52.1 Å². The van der Waals surface area contributed by atoms with Crippen molar-refractivity contribution >= 4 is 33.2 Å². The minimum Gasteiger partial charge on any atom is -0.369 e. The summed E-state index contributed by atoms with van der Waals surface area (Å²) >= 11 is 6.17. The number of hydrogen-bond donors (Lipinski definition) is 0. The fourth-order valence-corrected chi connectivity index (χ4v) is 5.72. The van der Waals surface area contributed by atoms with Gasteiger partial charge in [0.2, 0.25) is 5.03 Å². The lowest BCUT2D eigenvalue weighted by Crippen LogP contribution is -2.49. The molecule has 1 aromatic heterocycles. The number of anilines is 1. The number of aromatic nitrogens is 2. The number of hydrogen-bond acceptors (Lipinski definition) is 5. The summed E-state index contributed by atoms with van der Waals surface area (Å²) in [6.07, 6.45) is 3.39. The molecule has 1 aliphatic rings. The summed E-state index contributed by atoms with van der Waals surface area (Å²) in [7, 11) is -3.91. The topological polar surface area (TPSA) is 78.8 Å². The minimum absolute atomic E-state index is 0.142. The first-order chi connectivity index (χ1) is 15.7. The third kappa shape index (κ3) is 5.53. The average Bonchev–Trinajstić information content (AvgIpc) is 3.26. The quantitative estimate of drug-likeness (QED) is 0.530. The highest BCUT2D eigenvalue weighted by molar-refractivity contribution is 7.89. The Kier molecular flexibility index (Phi) is 8.42. The normalized spacial score (nSPS) is 15.1. The van der Waals surface area contributed by atoms with E-state index < -0.39 is 10.0 Å². The Balaban J connectivity index is 1.84. The van der Waals surface area contributed by atoms with E-state index in [1.807, 2.05) is 39.0 Å². The van der Waals surface area contributed by atoms with Crippen LogP contribution in [-0.4, -0.2) is 72.6 Å². The SMILES string of the molecule is CCCCN(CC)C(=O)c1cn(CC)nc1S(=O)(=O)N1CCN(c2cc(Cl)ccc2C)CC1. The predicted octanol–water partition coefficient (Wildman–Crippen LogP) is 3.64. The van der Waals surface area contributed by atoms with Crippen molar-refractivity contribution < 1.29 is 13.2 Å². The lowest BCUT2D eigenvalue weighted by Gasteiger charge is -2.36. The molecule has 0 bridgehead atoms. The number of nitrogens with zero attached hydrogens (tertiary/aromatic N) is 5. The van der Waals surface area contributed by atoms with Gasteiger partial charge in [0.1, 0.15) is 0 Å². The molecule has 0 radical (unpaired) electrons. The number of unbranched alkanes of at least 4 members (excludes halogenated alkanes) is 1. The average molecular weight is 496 g/mol. The zero-order valence-corrected chi connectivity index (χ0v) is 21.5. The van der Waals surface area contributed by atoms with Crippen molar-refractivity contribution in [3.63, 3.8) is 0 Å². The van der Waals surface area contributed by atoms with Gasteiger partial charge in [-0.1, -0.05) is 31.0 Å². The Morgan fingerprint density at radius 1 is 1.15 bits per heavy atom. The molecule has 3 rings (SSSR count). The van der Waals surface area contributed by atoms with Crippen LogP contribution in [0.3, 0.4) is 0 Å². The predicted molar refractivity (Wildman–Crippen MR) is 132 cm³/mol. The van der Waals surface area contributed by atoms with E-state index in [9.17, 15) is 13.2 Å². The molecule has 0 N–H and O–H groups in total. The van der Waals surface area contributed by atoms with Crippen LogP contribution >= 0.6 is 11.6 Å². The van der Waals surface area contributed by atoms with Gasteiger partial charge in [-0.2, -0.15) is 9.40 Å². The monoisotopic (exact) mass is 495 g/mol. The van der Waals surface area contributed by atoms with E-state index in [1.165, 1.54) is 8.99 Å². The first-order valence-electron chi connectivity index (χ1n) is 11.6. The van der Waals surface area contributed by atoms with Crippen LogP contribution in [0.4, 0.5) is 5.69 Å². The second-order valence-electron chi connectivity index (χ2n) is 8.26. The maximum Gasteiger partial charge on any atom is 0.263 e. The third-order valence-corrected chi connectivity index (χ3v) is 8.14. The maximum atomic E-state index is 13.6. The number of benzene rings is 1. The number of carbonyl (C=O) groups is 1. The molecule has 1 saturated heterocycles. The van der Waals surface area contributed by atoms with Gasteiger partial charge in [-0.05, 0) is 44.9 Å². The number of sulfonamides is 1. The standard InChI is InChI=1S/C23H34ClN5O3S/c1-5-8-11-26(6-2)23(30)20-17-28(7-3)25-22(20)33(31,32)29-14-12-27(13-15-29)21-16-19(24)10-9-18(21)4/h9-10,16-17H,5-8,11-15H2,1-4H3. The van der Waals surface area contributed by atoms with Gasteiger partial charge in [-0.15, -0.1) is 0 Å². The van der Waals surface area contributed by atoms with Crippen molar-refractivity contribution in [1.82, 2.24) is 19.0 Å². The number of amides is 1. The van der Waals surface area contributed by atoms with Gasteiger partial charge in [0.15, 0.2) is 0 Å². The third-order valence-electron chi connectivity index (χ3n) is 6.07. The number of rotatable bonds is 9. The highest BCUT2D eigenvalue weighted by atomic mass is 35.5. The molecule has 1 amide bonds. The Hall–Kier alpha value is -2.10. The van der Waals surface area contributed by atoms with Crippen molar-refractivity contribution in [3.8, 4) is 0 Å². The van der Waals surface area contributed by atoms with Gasteiger partial charge < -0.3 is 9.80 Å². The highest BCUT2D eigenvalue weighted by Crippen LogP contribution is 2.27. The summed E-state index contributed by atoms with van der Waals surface area (Å²) in [5, 5.41) is 4.82. The first-order valence-corrected chi connectivity index (χ1v) is 13.4. The van der Waals surface area contributed by atoms with Crippen LogP contribution in [0, 0.1) is 6.92 Å². The lowest BCUT2D eigenvalue weighted by molar-refractivity contribution is 0.0758. The Morgan fingerprint density at radius 2 is 1.85 bits per heavy atom. The molecule has 1 aromatic carbocycles. The second-order valence-corrected chi connectivity index (χ2v) is 10.6. The molecule has 0 saturated carbocycles. The van der Waals surface area contributed by atoms with Gasteiger partial charge in [0.05, 0.1) is 5.56 Å². The van der Waals surface area contributed by atoms with E-state index in [-0.39, 0.29) is 16.5 Å². The Labute approximate surface area is 202 Å². The first kappa shape index (κ1) is 25.5. The number of carbonyl (C=O) groups excluding carboxylic acids is 1. The van der Waals surface area contributed by atoms with Crippen LogP contribution in [-0.2, 0) is 16.6 Å². The molecule has 2 heterocycles. The van der Waals surface area contributed by atoms with Crippen molar-refractivity contribution in [3.05, 3.63) is 40.5 Å². The van der Waals surface area contributed by atoms with Crippen LogP contribution in [0.15, 0.2) is 29.4 Å². The molecule has 1 fully saturated rings. The molecular formula is C23H34ClN5O3S. The van der Waals surface area contributed by atoms with Gasteiger partial charge in [0.25, 0.3) is 15.9 Å². The Bertz CT molecular complexity index is 1080. The molecule has 1 aliphatic heterocycles. The maximum absolute atomic E-state index is 13.6. The largest absolute Gasteiger partial charge is 0.369 e. The van der Waals surface area contributed by atoms with E-state index in [0.717, 1.165) is 24.1 Å². The smallest absolute Gasteiger partial charge is 0.263 e. The fraction of sp³-hybridized carbons (Fsp3) is 0.565. The van der Waals surface area contributed by atoms with Crippen LogP contribution in [0.1, 0.15) is 49.5 Å². The summed E-state index contributed by atoms with van der Waals surface area (Å²) in [6, 6.07) is 5.73. The van der Waals surface area contributed by atoms with Crippen LogP contribution in [0.5, 0.6) is 0 Å². The van der Waals surface area contributed by atoms with Gasteiger partial charge in [-0.25, -0.2) is 8.42 Å². The molecule has 0 spiro atoms. The molecule has 2 aromatic rings. The molecule has 0 atom stereocenters. The van der Waals surface area contributed by atoms with Gasteiger partial charge >= 0.3 is 0 Å². The number of aryl methyl sites for hydroxylation is 2. The van der Waals surface area contributed by atoms with E-state index in [2.05, 4.69) is 16.9 Å². The van der Waals surface area contributed by atoms with Crippen molar-refractivity contribution in [1.29, 1.82) is 0 Å². The van der Waals surface area contributed by atoms with Gasteiger partial charge in [0, 0.05) is 62.7 Å². The van der Waals surface area contributed by atoms with Crippen molar-refractivity contribution in [2.24, 2.45) is 0 Å². The van der Waals surface area contributed by atoms with E-state index in [1.54, 1.807) is 11.1 Å². The minimum atomic E-state index is -3.91. The van der Waals surface area contributed by atoms with Crippen LogP contribution < -0.4 is 4.90 Å². The molecular weight excluding hydrogens is 462 g/mol. The van der Waals surface area contributed by atoms with Crippen LogP contribution in [0.2, 0.25) is 5.02 Å². The second kappa shape index (κ2) is 10.9.